The van der Waals surface area contributed by atoms with Gasteiger partial charge in [0.15, 0.2) is 5.78 Å². The van der Waals surface area contributed by atoms with Crippen molar-refractivity contribution in [2.45, 2.75) is 39.0 Å². The minimum Gasteiger partial charge on any atom is -0.294 e. The number of ketones is 1. The second-order valence-electron chi connectivity index (χ2n) is 6.10. The van der Waals surface area contributed by atoms with Crippen molar-refractivity contribution in [3.05, 3.63) is 12.2 Å². The Bertz CT molecular complexity index is 287. The van der Waals surface area contributed by atoms with Crippen molar-refractivity contribution in [3.8, 4) is 0 Å². The Hall–Kier alpha value is -0.590. The van der Waals surface area contributed by atoms with E-state index in [4.69, 9.17) is 0 Å². The molecule has 0 aromatic carbocycles. The number of allylic oxidation sites excluding steroid dienone is 1. The molecule has 0 unspecified atom stereocenters. The number of hydrogen-bond acceptors (Lipinski definition) is 1. The topological polar surface area (TPSA) is 17.1 Å². The van der Waals surface area contributed by atoms with Gasteiger partial charge in [-0.15, -0.1) is 0 Å². The zero-order chi connectivity index (χ0) is 10.6. The third-order valence-electron chi connectivity index (χ3n) is 4.95. The van der Waals surface area contributed by atoms with Gasteiger partial charge in [-0.3, -0.25) is 4.79 Å². The van der Waals surface area contributed by atoms with Crippen molar-refractivity contribution >= 4 is 5.78 Å². The van der Waals surface area contributed by atoms with E-state index >= 15 is 0 Å². The molecule has 1 nitrogen and oxygen atoms in total. The number of carbonyl (C=O) groups excluding carboxylic acids is 1. The first-order valence-electron chi connectivity index (χ1n) is 6.35. The number of Topliss-reactive ketones (excluding diaryl/α,β-unsaturated/α-hetero) is 1. The Morgan fingerprint density at radius 3 is 1.87 bits per heavy atom. The van der Waals surface area contributed by atoms with Gasteiger partial charge >= 0.3 is 0 Å². The van der Waals surface area contributed by atoms with E-state index in [1.54, 1.807) is 0 Å². The van der Waals surface area contributed by atoms with Crippen LogP contribution in [0.2, 0.25) is 0 Å². The number of rotatable bonds is 2. The first kappa shape index (κ1) is 9.62. The summed E-state index contributed by atoms with van der Waals surface area (Å²) < 4.78 is 0. The Labute approximate surface area is 91.9 Å². The molecular formula is C14H20O. The summed E-state index contributed by atoms with van der Waals surface area (Å²) >= 11 is 0. The quantitative estimate of drug-likeness (QED) is 0.631. The largest absolute Gasteiger partial charge is 0.294 e. The van der Waals surface area contributed by atoms with Gasteiger partial charge < -0.3 is 0 Å². The molecular weight excluding hydrogens is 184 g/mol. The van der Waals surface area contributed by atoms with E-state index in [2.05, 4.69) is 6.58 Å². The van der Waals surface area contributed by atoms with Crippen LogP contribution in [0.4, 0.5) is 0 Å². The van der Waals surface area contributed by atoms with Gasteiger partial charge in [0.1, 0.15) is 0 Å². The van der Waals surface area contributed by atoms with Gasteiger partial charge in [-0.1, -0.05) is 6.58 Å². The van der Waals surface area contributed by atoms with Crippen LogP contribution in [0, 0.1) is 29.6 Å². The van der Waals surface area contributed by atoms with Crippen LogP contribution >= 0.6 is 0 Å². The molecule has 82 valence electrons. The molecule has 4 rings (SSSR count). The lowest BCUT2D eigenvalue weighted by molar-refractivity contribution is -0.131. The summed E-state index contributed by atoms with van der Waals surface area (Å²) in [5.41, 5.74) is 0.785. The lowest BCUT2D eigenvalue weighted by Crippen LogP contribution is -2.48. The lowest BCUT2D eigenvalue weighted by Gasteiger charge is -2.53. The maximum atomic E-state index is 12.1. The Morgan fingerprint density at radius 2 is 1.47 bits per heavy atom. The Kier molecular flexibility index (Phi) is 2.05. The molecule has 0 aromatic rings. The molecule has 0 aromatic heterocycles. The monoisotopic (exact) mass is 204 g/mol. The fourth-order valence-electron chi connectivity index (χ4n) is 4.64. The van der Waals surface area contributed by atoms with Crippen molar-refractivity contribution in [2.75, 3.05) is 0 Å². The minimum atomic E-state index is 0.357. The average molecular weight is 204 g/mol. The molecule has 0 N–H and O–H groups in total. The van der Waals surface area contributed by atoms with Gasteiger partial charge in [-0.2, -0.15) is 0 Å². The first-order valence-corrected chi connectivity index (χ1v) is 6.35. The van der Waals surface area contributed by atoms with Crippen molar-refractivity contribution in [1.29, 1.82) is 0 Å². The molecule has 4 bridgehead atoms. The van der Waals surface area contributed by atoms with E-state index in [1.807, 2.05) is 6.92 Å². The molecule has 4 aliphatic rings. The van der Waals surface area contributed by atoms with Crippen molar-refractivity contribution < 1.29 is 4.79 Å². The van der Waals surface area contributed by atoms with Gasteiger partial charge in [0.2, 0.25) is 0 Å². The molecule has 4 saturated carbocycles. The lowest BCUT2D eigenvalue weighted by atomic mass is 9.51. The average Bonchev–Trinajstić information content (AvgIpc) is 2.15. The summed E-state index contributed by atoms with van der Waals surface area (Å²) in [6, 6.07) is 0. The molecule has 0 aliphatic heterocycles. The van der Waals surface area contributed by atoms with Crippen molar-refractivity contribution in [1.82, 2.24) is 0 Å². The number of hydrogen-bond donors (Lipinski definition) is 0. The summed E-state index contributed by atoms with van der Waals surface area (Å²) in [5, 5.41) is 0. The molecule has 0 spiro atoms. The summed E-state index contributed by atoms with van der Waals surface area (Å²) in [5.74, 6) is 4.08. The number of carbonyl (C=O) groups is 1. The second kappa shape index (κ2) is 3.20. The van der Waals surface area contributed by atoms with E-state index in [0.29, 0.717) is 23.5 Å². The standard InChI is InChI=1S/C14H20O/c1-8(2)14(15)13-11-4-9-3-10(6-11)7-12(13)5-9/h9-13H,1,3-7H2,2H3. The summed E-state index contributed by atoms with van der Waals surface area (Å²) in [7, 11) is 0. The normalized spacial score (nSPS) is 46.9. The summed E-state index contributed by atoms with van der Waals surface area (Å²) in [6.07, 6.45) is 6.78. The van der Waals surface area contributed by atoms with Crippen molar-refractivity contribution in [2.24, 2.45) is 29.6 Å². The van der Waals surface area contributed by atoms with E-state index in [0.717, 1.165) is 17.4 Å². The molecule has 4 fully saturated rings. The fourth-order valence-corrected chi connectivity index (χ4v) is 4.64. The van der Waals surface area contributed by atoms with Crippen LogP contribution in [-0.2, 0) is 4.79 Å². The van der Waals surface area contributed by atoms with Gasteiger partial charge in [0, 0.05) is 5.92 Å². The predicted octanol–water partition coefficient (Wildman–Crippen LogP) is 3.20. The van der Waals surface area contributed by atoms with E-state index in [9.17, 15) is 4.79 Å². The Balaban J connectivity index is 1.86. The highest BCUT2D eigenvalue weighted by Gasteiger charge is 2.50. The molecule has 1 heteroatoms. The smallest absolute Gasteiger partial charge is 0.161 e. The molecule has 0 heterocycles. The predicted molar refractivity (Wildman–Crippen MR) is 60.4 cm³/mol. The molecule has 0 atom stereocenters. The van der Waals surface area contributed by atoms with E-state index < -0.39 is 0 Å². The van der Waals surface area contributed by atoms with Crippen LogP contribution in [0.3, 0.4) is 0 Å². The molecule has 15 heavy (non-hydrogen) atoms. The van der Waals surface area contributed by atoms with E-state index in [1.165, 1.54) is 32.1 Å². The van der Waals surface area contributed by atoms with Crippen LogP contribution in [0.5, 0.6) is 0 Å². The SMILES string of the molecule is C=C(C)C(=O)C1C2CC3CC(C2)CC1C3. The van der Waals surface area contributed by atoms with Crippen molar-refractivity contribution in [3.63, 3.8) is 0 Å². The second-order valence-corrected chi connectivity index (χ2v) is 6.10. The summed E-state index contributed by atoms with van der Waals surface area (Å²) in [4.78, 5) is 12.1. The van der Waals surface area contributed by atoms with Gasteiger partial charge in [-0.25, -0.2) is 0 Å². The van der Waals surface area contributed by atoms with Crippen LogP contribution in [0.15, 0.2) is 12.2 Å². The third kappa shape index (κ3) is 1.39. The fraction of sp³-hybridized carbons (Fsp3) is 0.786. The van der Waals surface area contributed by atoms with Crippen LogP contribution in [-0.4, -0.2) is 5.78 Å². The molecule has 0 saturated heterocycles. The first-order chi connectivity index (χ1) is 7.15. The maximum absolute atomic E-state index is 12.1. The van der Waals surface area contributed by atoms with Crippen LogP contribution < -0.4 is 0 Å². The minimum absolute atomic E-state index is 0.357. The molecule has 4 aliphatic carbocycles. The Morgan fingerprint density at radius 1 is 1.00 bits per heavy atom. The molecule has 0 amide bonds. The third-order valence-corrected chi connectivity index (χ3v) is 4.95. The zero-order valence-electron chi connectivity index (χ0n) is 9.54. The highest BCUT2D eigenvalue weighted by atomic mass is 16.1. The highest BCUT2D eigenvalue weighted by molar-refractivity contribution is 5.96. The zero-order valence-corrected chi connectivity index (χ0v) is 9.54. The summed E-state index contributed by atoms with van der Waals surface area (Å²) in [6.45, 7) is 5.72. The van der Waals surface area contributed by atoms with Crippen LogP contribution in [0.25, 0.3) is 0 Å². The van der Waals surface area contributed by atoms with Crippen LogP contribution in [0.1, 0.15) is 39.0 Å². The maximum Gasteiger partial charge on any atom is 0.161 e. The van der Waals surface area contributed by atoms with Gasteiger partial charge in [-0.05, 0) is 68.3 Å². The van der Waals surface area contributed by atoms with E-state index in [-0.39, 0.29) is 0 Å². The highest BCUT2D eigenvalue weighted by Crippen LogP contribution is 2.56. The van der Waals surface area contributed by atoms with Gasteiger partial charge in [0.05, 0.1) is 0 Å². The molecule has 0 radical (unpaired) electrons. The van der Waals surface area contributed by atoms with Gasteiger partial charge in [0.25, 0.3) is 0 Å².